The second-order valence-electron chi connectivity index (χ2n) is 15.6. The Bertz CT molecular complexity index is 1330. The highest BCUT2D eigenvalue weighted by Crippen LogP contribution is 2.11. The fraction of sp³-hybridized carbons (Fsp3) is 0.579. The molecular weight excluding hydrogens is 765 g/mol. The van der Waals surface area contributed by atoms with Crippen molar-refractivity contribution in [2.45, 2.75) is 194 Å². The van der Waals surface area contributed by atoms with Crippen LogP contribution in [0.25, 0.3) is 0 Å². The van der Waals surface area contributed by atoms with E-state index in [1.165, 1.54) is 44.9 Å². The molecule has 0 heterocycles. The molecular formula is C57H90O5. The van der Waals surface area contributed by atoms with Crippen LogP contribution in [0.5, 0.6) is 0 Å². The van der Waals surface area contributed by atoms with Gasteiger partial charge in [-0.1, -0.05) is 193 Å². The maximum atomic E-state index is 12.7. The van der Waals surface area contributed by atoms with E-state index in [0.717, 1.165) is 103 Å². The molecule has 0 rings (SSSR count). The first-order valence-electron chi connectivity index (χ1n) is 24.7. The Morgan fingerprint density at radius 2 is 0.758 bits per heavy atom. The van der Waals surface area contributed by atoms with E-state index in [9.17, 15) is 9.59 Å². The van der Waals surface area contributed by atoms with Crippen molar-refractivity contribution in [2.75, 3.05) is 19.8 Å². The summed E-state index contributed by atoms with van der Waals surface area (Å²) in [5, 5.41) is 0. The third-order valence-corrected chi connectivity index (χ3v) is 9.66. The molecule has 1 atom stereocenters. The first-order chi connectivity index (χ1) is 30.6. The molecule has 5 nitrogen and oxygen atoms in total. The molecule has 0 aliphatic rings. The zero-order chi connectivity index (χ0) is 44.9. The van der Waals surface area contributed by atoms with Crippen LogP contribution in [-0.2, 0) is 23.8 Å². The maximum absolute atomic E-state index is 12.7. The number of carbonyl (C=O) groups excluding carboxylic acids is 2. The molecule has 0 saturated heterocycles. The fourth-order valence-corrected chi connectivity index (χ4v) is 6.06. The van der Waals surface area contributed by atoms with Crippen molar-refractivity contribution in [3.8, 4) is 0 Å². The van der Waals surface area contributed by atoms with Crippen molar-refractivity contribution in [1.82, 2.24) is 0 Å². The minimum Gasteiger partial charge on any atom is -0.462 e. The van der Waals surface area contributed by atoms with Crippen LogP contribution in [0.1, 0.15) is 188 Å². The van der Waals surface area contributed by atoms with Gasteiger partial charge in [0.2, 0.25) is 0 Å². The maximum Gasteiger partial charge on any atom is 0.306 e. The smallest absolute Gasteiger partial charge is 0.306 e. The predicted octanol–water partition coefficient (Wildman–Crippen LogP) is 16.8. The Morgan fingerprint density at radius 3 is 1.23 bits per heavy atom. The number of ether oxygens (including phenoxy) is 3. The van der Waals surface area contributed by atoms with E-state index in [0.29, 0.717) is 19.4 Å². The van der Waals surface area contributed by atoms with Gasteiger partial charge in [0, 0.05) is 19.4 Å². The highest BCUT2D eigenvalue weighted by Gasteiger charge is 2.17. The molecule has 0 bridgehead atoms. The predicted molar refractivity (Wildman–Crippen MR) is 269 cm³/mol. The van der Waals surface area contributed by atoms with Crippen LogP contribution in [0.4, 0.5) is 0 Å². The van der Waals surface area contributed by atoms with Gasteiger partial charge in [-0.3, -0.25) is 9.59 Å². The summed E-state index contributed by atoms with van der Waals surface area (Å²) in [4.78, 5) is 25.3. The summed E-state index contributed by atoms with van der Waals surface area (Å²) in [6.07, 6.45) is 73.4. The fourth-order valence-electron chi connectivity index (χ4n) is 6.06. The summed E-state index contributed by atoms with van der Waals surface area (Å²) in [6.45, 7) is 7.31. The summed E-state index contributed by atoms with van der Waals surface area (Å²) in [5.41, 5.74) is 0. The zero-order valence-corrected chi connectivity index (χ0v) is 39.8. The minimum atomic E-state index is -0.617. The van der Waals surface area contributed by atoms with Gasteiger partial charge in [0.15, 0.2) is 6.10 Å². The normalized spacial score (nSPS) is 13.4. The number of hydrogen-bond acceptors (Lipinski definition) is 5. The third-order valence-electron chi connectivity index (χ3n) is 9.66. The van der Waals surface area contributed by atoms with Gasteiger partial charge in [0.1, 0.15) is 6.61 Å². The largest absolute Gasteiger partial charge is 0.462 e. The molecule has 0 saturated carbocycles. The number of carbonyl (C=O) groups is 2. The van der Waals surface area contributed by atoms with Crippen molar-refractivity contribution < 1.29 is 23.8 Å². The second kappa shape index (κ2) is 51.4. The van der Waals surface area contributed by atoms with Crippen LogP contribution >= 0.6 is 0 Å². The SMILES string of the molecule is CC/C=C\C/C=C\C/C=C\C/C=C\CCCOCC(COC(=O)CCCCCCCC/C=C\C/C=C\C/C=C\CCCCC)OC(=O)CC/C=C\C/C=C\C/C=C\C/C=C\CC. The Labute approximate surface area is 381 Å². The van der Waals surface area contributed by atoms with Gasteiger partial charge < -0.3 is 14.2 Å². The van der Waals surface area contributed by atoms with E-state index in [4.69, 9.17) is 14.2 Å². The van der Waals surface area contributed by atoms with Gasteiger partial charge in [-0.2, -0.15) is 0 Å². The highest BCUT2D eigenvalue weighted by atomic mass is 16.6. The standard InChI is InChI=1S/C57H90O5/c1-4-7-10-13-16-19-22-25-27-28-29-30-31-33-35-38-41-44-47-50-56(58)61-54-55(53-60-52-49-46-43-40-37-34-26-23-20-17-14-11-8-5-2)62-57(59)51-48-45-42-39-36-32-24-21-18-15-12-9-6-3/h8-9,11-12,16-21,25-27,29-30,32,34,36,40,42-43,45,55H,4-7,10,13-15,22-24,28,31,33,35,37-39,41,44,46-54H2,1-3H3/b11-8-,12-9-,19-16-,20-17-,21-18-,27-25-,30-29-,34-26-,36-32-,43-40-,45-42-. The van der Waals surface area contributed by atoms with Crippen molar-refractivity contribution in [3.05, 3.63) is 134 Å². The van der Waals surface area contributed by atoms with Gasteiger partial charge >= 0.3 is 11.9 Å². The summed E-state index contributed by atoms with van der Waals surface area (Å²) >= 11 is 0. The number of esters is 2. The second-order valence-corrected chi connectivity index (χ2v) is 15.6. The van der Waals surface area contributed by atoms with E-state index in [2.05, 4.69) is 148 Å². The van der Waals surface area contributed by atoms with Crippen molar-refractivity contribution in [2.24, 2.45) is 0 Å². The summed E-state index contributed by atoms with van der Waals surface area (Å²) in [7, 11) is 0. The van der Waals surface area contributed by atoms with Gasteiger partial charge in [-0.25, -0.2) is 0 Å². The summed E-state index contributed by atoms with van der Waals surface area (Å²) < 4.78 is 17.2. The molecule has 0 N–H and O–H groups in total. The lowest BCUT2D eigenvalue weighted by molar-refractivity contribution is -0.162. The summed E-state index contributed by atoms with van der Waals surface area (Å²) in [5.74, 6) is -0.548. The first-order valence-corrected chi connectivity index (χ1v) is 24.7. The average molecular weight is 855 g/mol. The zero-order valence-electron chi connectivity index (χ0n) is 39.8. The van der Waals surface area contributed by atoms with Crippen LogP contribution in [0.3, 0.4) is 0 Å². The van der Waals surface area contributed by atoms with Crippen molar-refractivity contribution in [1.29, 1.82) is 0 Å². The quantitative estimate of drug-likeness (QED) is 0.0347. The lowest BCUT2D eigenvalue weighted by Gasteiger charge is -2.18. The molecule has 0 spiro atoms. The molecule has 0 aliphatic heterocycles. The number of allylic oxidation sites excluding steroid dienone is 22. The first kappa shape index (κ1) is 58.0. The molecule has 0 aromatic heterocycles. The van der Waals surface area contributed by atoms with Crippen LogP contribution in [-0.4, -0.2) is 37.9 Å². The van der Waals surface area contributed by atoms with Gasteiger partial charge in [0.05, 0.1) is 6.61 Å². The van der Waals surface area contributed by atoms with Gasteiger partial charge in [0.25, 0.3) is 0 Å². The molecule has 0 fully saturated rings. The molecule has 1 unspecified atom stereocenters. The van der Waals surface area contributed by atoms with Gasteiger partial charge in [-0.15, -0.1) is 0 Å². The highest BCUT2D eigenvalue weighted by molar-refractivity contribution is 5.70. The Morgan fingerprint density at radius 1 is 0.371 bits per heavy atom. The van der Waals surface area contributed by atoms with E-state index in [-0.39, 0.29) is 31.6 Å². The Balaban J connectivity index is 4.46. The van der Waals surface area contributed by atoms with E-state index < -0.39 is 6.10 Å². The Hall–Kier alpha value is -3.96. The molecule has 5 heteroatoms. The minimum absolute atomic E-state index is 0.0187. The lowest BCUT2D eigenvalue weighted by Crippen LogP contribution is -2.30. The topological polar surface area (TPSA) is 61.8 Å². The van der Waals surface area contributed by atoms with Crippen LogP contribution in [0.2, 0.25) is 0 Å². The molecule has 0 radical (unpaired) electrons. The number of rotatable bonds is 43. The summed E-state index contributed by atoms with van der Waals surface area (Å²) in [6, 6.07) is 0. The third kappa shape index (κ3) is 48.7. The van der Waals surface area contributed by atoms with Crippen molar-refractivity contribution in [3.63, 3.8) is 0 Å². The number of unbranched alkanes of at least 4 members (excludes halogenated alkanes) is 10. The monoisotopic (exact) mass is 855 g/mol. The molecule has 0 aromatic carbocycles. The molecule has 0 aromatic rings. The average Bonchev–Trinajstić information content (AvgIpc) is 3.27. The molecule has 348 valence electrons. The van der Waals surface area contributed by atoms with E-state index in [1.54, 1.807) is 0 Å². The van der Waals surface area contributed by atoms with Crippen LogP contribution in [0.15, 0.2) is 134 Å². The van der Waals surface area contributed by atoms with Crippen LogP contribution in [0, 0.1) is 0 Å². The van der Waals surface area contributed by atoms with Crippen molar-refractivity contribution >= 4 is 11.9 Å². The molecule has 0 aliphatic carbocycles. The van der Waals surface area contributed by atoms with Crippen LogP contribution < -0.4 is 0 Å². The lowest BCUT2D eigenvalue weighted by atomic mass is 10.1. The molecule has 0 amide bonds. The Kier molecular flexibility index (Phi) is 48.1. The van der Waals surface area contributed by atoms with Gasteiger partial charge in [-0.05, 0) is 116 Å². The molecule has 62 heavy (non-hydrogen) atoms. The van der Waals surface area contributed by atoms with E-state index in [1.807, 2.05) is 6.08 Å². The number of hydrogen-bond donors (Lipinski definition) is 0. The van der Waals surface area contributed by atoms with E-state index >= 15 is 0 Å².